The van der Waals surface area contributed by atoms with Crippen LogP contribution in [0.3, 0.4) is 0 Å². The molecule has 160 valence electrons. The Morgan fingerprint density at radius 1 is 1.21 bits per heavy atom. The summed E-state index contributed by atoms with van der Waals surface area (Å²) >= 11 is 0. The zero-order valence-electron chi connectivity index (χ0n) is 16.8. The first kappa shape index (κ1) is 23.2. The Kier molecular flexibility index (Phi) is 8.93. The lowest BCUT2D eigenvalue weighted by Gasteiger charge is -2.15. The minimum atomic E-state index is -4.36. The van der Waals surface area contributed by atoms with E-state index in [2.05, 4.69) is 0 Å². The Morgan fingerprint density at radius 2 is 1.97 bits per heavy atom. The monoisotopic (exact) mass is 410 g/mol. The fraction of sp³-hybridized carbons (Fsp3) is 0.565. The number of carbonyl (C=O) groups excluding carboxylic acids is 2. The Bertz CT molecular complexity index is 710. The zero-order valence-corrected chi connectivity index (χ0v) is 16.8. The molecule has 3 nitrogen and oxygen atoms in total. The average Bonchev–Trinajstić information content (AvgIpc) is 3.02. The van der Waals surface area contributed by atoms with E-state index in [1.54, 1.807) is 19.1 Å². The standard InChI is InChI=1S/C23H29F3O3/c1-2-29-22(28)11-6-4-3-5-10-20-18(14-15-21(20)27)13-12-17-8-7-9-19(16-17)23(24,25)26/h7-9,12-13,16,18,20H,2-6,10-11,14-15H2,1H3/t18-,20+/m0/s1. The number of hydrogen-bond donors (Lipinski definition) is 0. The van der Waals surface area contributed by atoms with Crippen molar-refractivity contribution in [2.24, 2.45) is 11.8 Å². The average molecular weight is 410 g/mol. The van der Waals surface area contributed by atoms with Crippen LogP contribution in [0.5, 0.6) is 0 Å². The normalized spacial score (nSPS) is 19.8. The van der Waals surface area contributed by atoms with Gasteiger partial charge in [-0.3, -0.25) is 9.59 Å². The molecular formula is C23H29F3O3. The number of rotatable bonds is 10. The number of Topliss-reactive ketones (excluding diaryl/α,β-unsaturated/α-hetero) is 1. The molecule has 0 aliphatic heterocycles. The molecule has 0 unspecified atom stereocenters. The molecule has 2 rings (SSSR count). The van der Waals surface area contributed by atoms with Crippen molar-refractivity contribution >= 4 is 17.8 Å². The molecule has 1 aliphatic rings. The van der Waals surface area contributed by atoms with Crippen LogP contribution in [0.25, 0.3) is 6.08 Å². The van der Waals surface area contributed by atoms with Crippen LogP contribution in [0.4, 0.5) is 13.2 Å². The van der Waals surface area contributed by atoms with Gasteiger partial charge in [0.2, 0.25) is 0 Å². The maximum atomic E-state index is 12.8. The van der Waals surface area contributed by atoms with Crippen LogP contribution in [-0.2, 0) is 20.5 Å². The van der Waals surface area contributed by atoms with Crippen molar-refractivity contribution < 1.29 is 27.5 Å². The lowest BCUT2D eigenvalue weighted by Crippen LogP contribution is -2.13. The van der Waals surface area contributed by atoms with E-state index >= 15 is 0 Å². The number of alkyl halides is 3. The maximum absolute atomic E-state index is 12.8. The van der Waals surface area contributed by atoms with Gasteiger partial charge < -0.3 is 4.74 Å². The number of halogens is 3. The summed E-state index contributed by atoms with van der Waals surface area (Å²) in [6.45, 7) is 2.19. The highest BCUT2D eigenvalue weighted by Crippen LogP contribution is 2.35. The van der Waals surface area contributed by atoms with Gasteiger partial charge >= 0.3 is 12.1 Å². The van der Waals surface area contributed by atoms with Gasteiger partial charge in [-0.25, -0.2) is 0 Å². The number of esters is 1. The molecule has 0 amide bonds. The van der Waals surface area contributed by atoms with Crippen molar-refractivity contribution in [2.45, 2.75) is 64.5 Å². The summed E-state index contributed by atoms with van der Waals surface area (Å²) in [5.41, 5.74) is -0.168. The lowest BCUT2D eigenvalue weighted by atomic mass is 9.89. The Balaban J connectivity index is 1.81. The lowest BCUT2D eigenvalue weighted by molar-refractivity contribution is -0.143. The summed E-state index contributed by atoms with van der Waals surface area (Å²) in [4.78, 5) is 23.5. The number of ketones is 1. The molecule has 0 N–H and O–H groups in total. The molecule has 6 heteroatoms. The van der Waals surface area contributed by atoms with Crippen molar-refractivity contribution in [2.75, 3.05) is 6.61 Å². The molecule has 2 atom stereocenters. The predicted octanol–water partition coefficient (Wildman–Crippen LogP) is 6.22. The van der Waals surface area contributed by atoms with Crippen LogP contribution in [0.2, 0.25) is 0 Å². The van der Waals surface area contributed by atoms with Gasteiger partial charge in [0.05, 0.1) is 12.2 Å². The molecule has 1 aromatic rings. The molecule has 0 saturated heterocycles. The highest BCUT2D eigenvalue weighted by molar-refractivity contribution is 5.84. The summed E-state index contributed by atoms with van der Waals surface area (Å²) in [6, 6.07) is 5.23. The van der Waals surface area contributed by atoms with Gasteiger partial charge in [0.25, 0.3) is 0 Å². The van der Waals surface area contributed by atoms with Gasteiger partial charge in [0, 0.05) is 18.8 Å². The Labute approximate surface area is 170 Å². The first-order valence-corrected chi connectivity index (χ1v) is 10.3. The van der Waals surface area contributed by atoms with Crippen molar-refractivity contribution in [1.82, 2.24) is 0 Å². The second-order valence-corrected chi connectivity index (χ2v) is 7.52. The molecule has 0 heterocycles. The maximum Gasteiger partial charge on any atom is 0.416 e. The molecule has 1 saturated carbocycles. The van der Waals surface area contributed by atoms with Gasteiger partial charge in [-0.1, -0.05) is 43.5 Å². The fourth-order valence-corrected chi connectivity index (χ4v) is 3.81. The first-order valence-electron chi connectivity index (χ1n) is 10.3. The number of unbranched alkanes of at least 4 members (excludes halogenated alkanes) is 3. The molecule has 0 radical (unpaired) electrons. The molecule has 0 bridgehead atoms. The SMILES string of the molecule is CCOC(=O)CCCCCC[C@H]1C(=O)CC[C@@H]1C=Cc1cccc(C(F)(F)F)c1. The summed E-state index contributed by atoms with van der Waals surface area (Å²) < 4.78 is 43.4. The molecule has 1 aromatic carbocycles. The largest absolute Gasteiger partial charge is 0.466 e. The summed E-state index contributed by atoms with van der Waals surface area (Å²) in [7, 11) is 0. The molecular weight excluding hydrogens is 381 g/mol. The summed E-state index contributed by atoms with van der Waals surface area (Å²) in [6.07, 6.45) is 5.31. The van der Waals surface area contributed by atoms with E-state index in [1.807, 2.05) is 6.08 Å². The van der Waals surface area contributed by atoms with Crippen LogP contribution in [0.15, 0.2) is 30.3 Å². The third-order valence-corrected chi connectivity index (χ3v) is 5.36. The van der Waals surface area contributed by atoms with E-state index in [1.165, 1.54) is 6.07 Å². The quantitative estimate of drug-likeness (QED) is 0.340. The molecule has 0 aromatic heterocycles. The smallest absolute Gasteiger partial charge is 0.416 e. The van der Waals surface area contributed by atoms with E-state index in [0.717, 1.165) is 50.7 Å². The number of carbonyl (C=O) groups is 2. The third kappa shape index (κ3) is 7.67. The highest BCUT2D eigenvalue weighted by atomic mass is 19.4. The number of ether oxygens (including phenoxy) is 1. The van der Waals surface area contributed by atoms with Gasteiger partial charge in [-0.15, -0.1) is 0 Å². The van der Waals surface area contributed by atoms with Gasteiger partial charge in [0.1, 0.15) is 5.78 Å². The van der Waals surface area contributed by atoms with E-state index < -0.39 is 11.7 Å². The van der Waals surface area contributed by atoms with Crippen LogP contribution in [-0.4, -0.2) is 18.4 Å². The van der Waals surface area contributed by atoms with Crippen LogP contribution < -0.4 is 0 Å². The number of allylic oxidation sites excluding steroid dienone is 1. The molecule has 29 heavy (non-hydrogen) atoms. The predicted molar refractivity (Wildman–Crippen MR) is 106 cm³/mol. The number of hydrogen-bond acceptors (Lipinski definition) is 3. The van der Waals surface area contributed by atoms with Gasteiger partial charge in [-0.05, 0) is 49.8 Å². The minimum Gasteiger partial charge on any atom is -0.466 e. The van der Waals surface area contributed by atoms with Crippen molar-refractivity contribution in [3.05, 3.63) is 41.5 Å². The van der Waals surface area contributed by atoms with Crippen molar-refractivity contribution in [3.63, 3.8) is 0 Å². The van der Waals surface area contributed by atoms with Crippen LogP contribution in [0.1, 0.15) is 69.4 Å². The minimum absolute atomic E-state index is 0.0536. The molecule has 0 spiro atoms. The second-order valence-electron chi connectivity index (χ2n) is 7.52. The molecule has 1 aliphatic carbocycles. The Morgan fingerprint density at radius 3 is 2.69 bits per heavy atom. The van der Waals surface area contributed by atoms with E-state index in [0.29, 0.717) is 25.0 Å². The van der Waals surface area contributed by atoms with Crippen molar-refractivity contribution in [3.8, 4) is 0 Å². The van der Waals surface area contributed by atoms with E-state index in [4.69, 9.17) is 4.74 Å². The highest BCUT2D eigenvalue weighted by Gasteiger charge is 2.32. The molecule has 1 fully saturated rings. The zero-order chi connectivity index (χ0) is 21.3. The summed E-state index contributed by atoms with van der Waals surface area (Å²) in [5.74, 6) is 0.104. The summed E-state index contributed by atoms with van der Waals surface area (Å²) in [5, 5.41) is 0. The second kappa shape index (κ2) is 11.2. The van der Waals surface area contributed by atoms with E-state index in [-0.39, 0.29) is 23.6 Å². The Hall–Kier alpha value is -2.11. The topological polar surface area (TPSA) is 43.4 Å². The van der Waals surface area contributed by atoms with Crippen molar-refractivity contribution in [1.29, 1.82) is 0 Å². The van der Waals surface area contributed by atoms with E-state index in [9.17, 15) is 22.8 Å². The van der Waals surface area contributed by atoms with Gasteiger partial charge in [0.15, 0.2) is 0 Å². The van der Waals surface area contributed by atoms with Gasteiger partial charge in [-0.2, -0.15) is 13.2 Å². The third-order valence-electron chi connectivity index (χ3n) is 5.36. The first-order chi connectivity index (χ1) is 13.8. The van der Waals surface area contributed by atoms with Crippen LogP contribution >= 0.6 is 0 Å². The van der Waals surface area contributed by atoms with Crippen LogP contribution in [0, 0.1) is 11.8 Å². The number of benzene rings is 1. The fourth-order valence-electron chi connectivity index (χ4n) is 3.81.